The van der Waals surface area contributed by atoms with Crippen molar-refractivity contribution in [2.75, 3.05) is 28.5 Å². The number of rotatable bonds is 5. The lowest BCUT2D eigenvalue weighted by molar-refractivity contribution is -0.119. The highest BCUT2D eigenvalue weighted by atomic mass is 32.2. The lowest BCUT2D eigenvalue weighted by Gasteiger charge is -2.16. The zero-order valence-corrected chi connectivity index (χ0v) is 14.7. The maximum Gasteiger partial charge on any atom is 0.338 e. The quantitative estimate of drug-likeness (QED) is 0.809. The Kier molecular flexibility index (Phi) is 5.22. The lowest BCUT2D eigenvalue weighted by atomic mass is 10.2. The van der Waals surface area contributed by atoms with Gasteiger partial charge in [-0.05, 0) is 42.8 Å². The average Bonchev–Trinajstić information content (AvgIpc) is 3.00. The first-order valence-electron chi connectivity index (χ1n) is 8.08. The average molecular weight is 374 g/mol. The Hall–Kier alpha value is -2.87. The summed E-state index contributed by atoms with van der Waals surface area (Å²) in [6.07, 6.45) is 0.586. The fraction of sp³-hybridized carbons (Fsp3) is 0.222. The topological polar surface area (TPSA) is 92.8 Å². The van der Waals surface area contributed by atoms with Crippen LogP contribution in [-0.2, 0) is 19.6 Å². The van der Waals surface area contributed by atoms with E-state index in [2.05, 4.69) is 5.32 Å². The number of para-hydroxylation sites is 1. The van der Waals surface area contributed by atoms with Gasteiger partial charge in [0.05, 0.1) is 17.0 Å². The van der Waals surface area contributed by atoms with Crippen molar-refractivity contribution in [2.24, 2.45) is 0 Å². The largest absolute Gasteiger partial charge is 0.452 e. The summed E-state index contributed by atoms with van der Waals surface area (Å²) in [5, 5.41) is 2.61. The van der Waals surface area contributed by atoms with Crippen molar-refractivity contribution in [1.29, 1.82) is 0 Å². The summed E-state index contributed by atoms with van der Waals surface area (Å²) in [7, 11) is -3.26. The number of hydrogen-bond acceptors (Lipinski definition) is 5. The van der Waals surface area contributed by atoms with Gasteiger partial charge in [0.2, 0.25) is 10.0 Å². The minimum Gasteiger partial charge on any atom is -0.452 e. The van der Waals surface area contributed by atoms with Gasteiger partial charge < -0.3 is 10.1 Å². The molecule has 1 fully saturated rings. The van der Waals surface area contributed by atoms with E-state index in [1.807, 2.05) is 6.07 Å². The molecule has 0 aromatic heterocycles. The number of esters is 1. The minimum absolute atomic E-state index is 0.132. The first kappa shape index (κ1) is 17.9. The van der Waals surface area contributed by atoms with Crippen molar-refractivity contribution in [2.45, 2.75) is 6.42 Å². The third kappa shape index (κ3) is 4.20. The molecule has 136 valence electrons. The minimum atomic E-state index is -3.26. The van der Waals surface area contributed by atoms with Crippen LogP contribution in [0.5, 0.6) is 0 Å². The zero-order chi connectivity index (χ0) is 18.6. The number of hydrogen-bond donors (Lipinski definition) is 1. The highest BCUT2D eigenvalue weighted by Crippen LogP contribution is 2.24. The SMILES string of the molecule is O=C(COC(=O)c1ccc(N2CCCS2(=O)=O)cc1)Nc1ccccc1. The van der Waals surface area contributed by atoms with Crippen LogP contribution in [0.15, 0.2) is 54.6 Å². The summed E-state index contributed by atoms with van der Waals surface area (Å²) in [6, 6.07) is 14.9. The van der Waals surface area contributed by atoms with E-state index in [1.165, 1.54) is 16.4 Å². The van der Waals surface area contributed by atoms with Gasteiger partial charge in [0.25, 0.3) is 5.91 Å². The summed E-state index contributed by atoms with van der Waals surface area (Å²) in [5.74, 6) is -0.957. The van der Waals surface area contributed by atoms with Crippen molar-refractivity contribution in [3.63, 3.8) is 0 Å². The standard InChI is InChI=1S/C18H18N2O5S/c21-17(19-15-5-2-1-3-6-15)13-25-18(22)14-7-9-16(10-8-14)20-11-4-12-26(20,23)24/h1-3,5-10H,4,11-13H2,(H,19,21). The highest BCUT2D eigenvalue weighted by molar-refractivity contribution is 7.93. The highest BCUT2D eigenvalue weighted by Gasteiger charge is 2.28. The molecule has 2 aromatic carbocycles. The Morgan fingerprint density at radius 3 is 2.35 bits per heavy atom. The van der Waals surface area contributed by atoms with E-state index in [1.54, 1.807) is 36.4 Å². The van der Waals surface area contributed by atoms with Crippen molar-refractivity contribution in [1.82, 2.24) is 0 Å². The molecule has 1 aliphatic heterocycles. The fourth-order valence-corrected chi connectivity index (χ4v) is 4.19. The van der Waals surface area contributed by atoms with Crippen LogP contribution >= 0.6 is 0 Å². The van der Waals surface area contributed by atoms with Gasteiger partial charge in [0, 0.05) is 12.2 Å². The summed E-state index contributed by atoms with van der Waals surface area (Å²) in [4.78, 5) is 23.8. The van der Waals surface area contributed by atoms with Crippen molar-refractivity contribution < 1.29 is 22.7 Å². The van der Waals surface area contributed by atoms with Gasteiger partial charge >= 0.3 is 5.97 Å². The third-order valence-electron chi connectivity index (χ3n) is 3.88. The molecule has 0 bridgehead atoms. The summed E-state index contributed by atoms with van der Waals surface area (Å²) < 4.78 is 30.1. The molecule has 3 rings (SSSR count). The van der Waals surface area contributed by atoms with Gasteiger partial charge in [-0.3, -0.25) is 9.10 Å². The van der Waals surface area contributed by atoms with E-state index in [0.717, 1.165) is 0 Å². The number of benzene rings is 2. The van der Waals surface area contributed by atoms with Crippen LogP contribution in [0.2, 0.25) is 0 Å². The van der Waals surface area contributed by atoms with E-state index >= 15 is 0 Å². The normalized spacial score (nSPS) is 15.5. The molecule has 1 aliphatic rings. The molecule has 0 saturated carbocycles. The second-order valence-corrected chi connectivity index (χ2v) is 7.79. The molecule has 0 atom stereocenters. The first-order chi connectivity index (χ1) is 12.5. The maximum absolute atomic E-state index is 12.0. The molecule has 7 nitrogen and oxygen atoms in total. The Bertz CT molecular complexity index is 895. The van der Waals surface area contributed by atoms with Gasteiger partial charge in [-0.25, -0.2) is 13.2 Å². The number of nitrogens with one attached hydrogen (secondary N) is 1. The predicted molar refractivity (Wildman–Crippen MR) is 97.5 cm³/mol. The fourth-order valence-electron chi connectivity index (χ4n) is 2.63. The molecule has 0 spiro atoms. The van der Waals surface area contributed by atoms with Crippen LogP contribution in [-0.4, -0.2) is 39.2 Å². The molecular weight excluding hydrogens is 356 g/mol. The van der Waals surface area contributed by atoms with Gasteiger partial charge in [-0.2, -0.15) is 0 Å². The molecule has 26 heavy (non-hydrogen) atoms. The molecule has 1 amide bonds. The van der Waals surface area contributed by atoms with Crippen molar-refractivity contribution in [3.8, 4) is 0 Å². The second kappa shape index (κ2) is 7.57. The third-order valence-corrected chi connectivity index (χ3v) is 5.75. The molecule has 1 heterocycles. The zero-order valence-electron chi connectivity index (χ0n) is 13.9. The molecule has 8 heteroatoms. The van der Waals surface area contributed by atoms with Crippen molar-refractivity contribution in [3.05, 3.63) is 60.2 Å². The molecule has 0 radical (unpaired) electrons. The maximum atomic E-state index is 12.0. The number of anilines is 2. The van der Waals surface area contributed by atoms with Crippen LogP contribution in [0.4, 0.5) is 11.4 Å². The Labute approximate surface area is 151 Å². The molecular formula is C18H18N2O5S. The number of ether oxygens (including phenoxy) is 1. The molecule has 0 unspecified atom stereocenters. The van der Waals surface area contributed by atoms with Crippen LogP contribution in [0.3, 0.4) is 0 Å². The summed E-state index contributed by atoms with van der Waals surface area (Å²) in [5.41, 5.74) is 1.38. The summed E-state index contributed by atoms with van der Waals surface area (Å²) >= 11 is 0. The Balaban J connectivity index is 1.56. The predicted octanol–water partition coefficient (Wildman–Crippen LogP) is 2.02. The molecule has 0 aliphatic carbocycles. The summed E-state index contributed by atoms with van der Waals surface area (Å²) in [6.45, 7) is 0.0295. The number of amides is 1. The van der Waals surface area contributed by atoms with Crippen molar-refractivity contribution >= 4 is 33.3 Å². The molecule has 1 saturated heterocycles. The first-order valence-corrected chi connectivity index (χ1v) is 9.69. The van der Waals surface area contributed by atoms with Gasteiger partial charge in [-0.15, -0.1) is 0 Å². The molecule has 2 aromatic rings. The van der Waals surface area contributed by atoms with E-state index in [4.69, 9.17) is 4.74 Å². The van der Waals surface area contributed by atoms with Gasteiger partial charge in [0.15, 0.2) is 6.61 Å². The van der Waals surface area contributed by atoms with E-state index in [-0.39, 0.29) is 11.3 Å². The van der Waals surface area contributed by atoms with Crippen LogP contribution in [0.25, 0.3) is 0 Å². The van der Waals surface area contributed by atoms with Gasteiger partial charge in [0.1, 0.15) is 0 Å². The number of carbonyl (C=O) groups excluding carboxylic acids is 2. The van der Waals surface area contributed by atoms with Crippen LogP contribution in [0.1, 0.15) is 16.8 Å². The van der Waals surface area contributed by atoms with Crippen LogP contribution < -0.4 is 9.62 Å². The Morgan fingerprint density at radius 1 is 1.04 bits per heavy atom. The van der Waals surface area contributed by atoms with Crippen LogP contribution in [0, 0.1) is 0 Å². The van der Waals surface area contributed by atoms with Gasteiger partial charge in [-0.1, -0.05) is 18.2 Å². The monoisotopic (exact) mass is 374 g/mol. The Morgan fingerprint density at radius 2 is 1.73 bits per heavy atom. The lowest BCUT2D eigenvalue weighted by Crippen LogP contribution is -2.25. The number of sulfonamides is 1. The smallest absolute Gasteiger partial charge is 0.338 e. The number of carbonyl (C=O) groups is 2. The second-order valence-electron chi connectivity index (χ2n) is 5.78. The van der Waals surface area contributed by atoms with E-state index in [9.17, 15) is 18.0 Å². The van der Waals surface area contributed by atoms with E-state index in [0.29, 0.717) is 24.3 Å². The number of nitrogens with zero attached hydrogens (tertiary/aromatic N) is 1. The van der Waals surface area contributed by atoms with E-state index < -0.39 is 28.5 Å². The molecule has 1 N–H and O–H groups in total.